The van der Waals surface area contributed by atoms with Crippen LogP contribution in [0.1, 0.15) is 32.6 Å². The topological polar surface area (TPSA) is 12.0 Å². The Labute approximate surface area is 56.8 Å². The van der Waals surface area contributed by atoms with E-state index in [0.29, 0.717) is 0 Å². The number of nitrogens with one attached hydrogen (secondary N) is 1. The Balaban J connectivity index is 2.06. The van der Waals surface area contributed by atoms with Crippen molar-refractivity contribution in [1.29, 1.82) is 0 Å². The minimum absolute atomic E-state index is 0.817. The highest BCUT2D eigenvalue weighted by Gasteiger charge is 2.31. The zero-order valence-electron chi connectivity index (χ0n) is 6.06. The number of hydrogen-bond donors (Lipinski definition) is 1. The Morgan fingerprint density at radius 1 is 1.11 bits per heavy atom. The minimum Gasteiger partial charge on any atom is -0.311 e. The highest BCUT2D eigenvalue weighted by molar-refractivity contribution is 4.90. The molecule has 0 amide bonds. The molecule has 0 aromatic carbocycles. The molecule has 2 saturated heterocycles. The van der Waals surface area contributed by atoms with E-state index in [2.05, 4.69) is 12.2 Å². The van der Waals surface area contributed by atoms with Crippen LogP contribution in [0.15, 0.2) is 0 Å². The van der Waals surface area contributed by atoms with Crippen LogP contribution in [0, 0.1) is 5.92 Å². The molecule has 1 saturated carbocycles. The second-order valence-electron chi connectivity index (χ2n) is 3.57. The van der Waals surface area contributed by atoms with Gasteiger partial charge in [0.2, 0.25) is 0 Å². The van der Waals surface area contributed by atoms with E-state index in [9.17, 15) is 0 Å². The molecule has 0 radical (unpaired) electrons. The summed E-state index contributed by atoms with van der Waals surface area (Å²) in [7, 11) is 0. The molecule has 2 bridgehead atoms. The maximum Gasteiger partial charge on any atom is 0.00698 e. The monoisotopic (exact) mass is 125 g/mol. The van der Waals surface area contributed by atoms with Crippen molar-refractivity contribution in [2.75, 3.05) is 0 Å². The second kappa shape index (κ2) is 1.98. The third kappa shape index (κ3) is 0.877. The summed E-state index contributed by atoms with van der Waals surface area (Å²) in [4.78, 5) is 0. The fourth-order valence-electron chi connectivity index (χ4n) is 2.29. The normalized spacial score (nSPS) is 49.7. The molecule has 3 fully saturated rings. The smallest absolute Gasteiger partial charge is 0.00698 e. The second-order valence-corrected chi connectivity index (χ2v) is 3.57. The van der Waals surface area contributed by atoms with Crippen molar-refractivity contribution in [3.8, 4) is 0 Å². The predicted octanol–water partition coefficient (Wildman–Crippen LogP) is 1.54. The third-order valence-corrected chi connectivity index (χ3v) is 2.98. The van der Waals surface area contributed by atoms with E-state index < -0.39 is 0 Å². The van der Waals surface area contributed by atoms with Crippen LogP contribution in [0.2, 0.25) is 0 Å². The largest absolute Gasteiger partial charge is 0.311 e. The van der Waals surface area contributed by atoms with Crippen LogP contribution in [0.25, 0.3) is 0 Å². The Kier molecular flexibility index (Phi) is 1.26. The van der Waals surface area contributed by atoms with Gasteiger partial charge in [-0.25, -0.2) is 0 Å². The molecular weight excluding hydrogens is 110 g/mol. The first-order chi connectivity index (χ1) is 4.36. The van der Waals surface area contributed by atoms with Gasteiger partial charge < -0.3 is 5.32 Å². The molecule has 9 heavy (non-hydrogen) atoms. The molecule has 3 aliphatic rings. The zero-order valence-corrected chi connectivity index (χ0v) is 6.06. The summed E-state index contributed by atoms with van der Waals surface area (Å²) in [6.07, 6.45) is 5.85. The molecule has 1 N–H and O–H groups in total. The van der Waals surface area contributed by atoms with Crippen molar-refractivity contribution >= 4 is 0 Å². The number of fused-ring (bicyclic) bond motifs is 3. The maximum absolute atomic E-state index is 3.62. The van der Waals surface area contributed by atoms with Crippen LogP contribution in [-0.4, -0.2) is 12.1 Å². The molecule has 0 spiro atoms. The average Bonchev–Trinajstić information content (AvgIpc) is 1.90. The lowest BCUT2D eigenvalue weighted by Gasteiger charge is -2.42. The van der Waals surface area contributed by atoms with Gasteiger partial charge in [-0.05, 0) is 38.5 Å². The molecule has 1 atom stereocenters. The Morgan fingerprint density at radius 3 is 2.00 bits per heavy atom. The Bertz CT molecular complexity index is 103. The first-order valence-electron chi connectivity index (χ1n) is 4.12. The van der Waals surface area contributed by atoms with Gasteiger partial charge in [0, 0.05) is 12.1 Å². The summed E-state index contributed by atoms with van der Waals surface area (Å²) in [5, 5.41) is 3.62. The summed E-state index contributed by atoms with van der Waals surface area (Å²) < 4.78 is 0. The van der Waals surface area contributed by atoms with Gasteiger partial charge in [-0.1, -0.05) is 0 Å². The maximum atomic E-state index is 3.62. The molecule has 52 valence electrons. The minimum atomic E-state index is 0.817. The molecule has 2 aliphatic heterocycles. The van der Waals surface area contributed by atoms with Crippen LogP contribution in [0.5, 0.6) is 0 Å². The third-order valence-electron chi connectivity index (χ3n) is 2.98. The quantitative estimate of drug-likeness (QED) is 0.518. The molecule has 1 unspecified atom stereocenters. The van der Waals surface area contributed by atoms with E-state index in [4.69, 9.17) is 0 Å². The van der Waals surface area contributed by atoms with Crippen molar-refractivity contribution in [3.63, 3.8) is 0 Å². The summed E-state index contributed by atoms with van der Waals surface area (Å²) in [5.41, 5.74) is 0. The van der Waals surface area contributed by atoms with E-state index in [1.807, 2.05) is 0 Å². The summed E-state index contributed by atoms with van der Waals surface area (Å²) >= 11 is 0. The lowest BCUT2D eigenvalue weighted by Crippen LogP contribution is -2.50. The number of rotatable bonds is 0. The van der Waals surface area contributed by atoms with Gasteiger partial charge >= 0.3 is 0 Å². The van der Waals surface area contributed by atoms with Gasteiger partial charge in [-0.15, -0.1) is 0 Å². The SMILES string of the molecule is CC1NC2CCC1CC2. The molecular formula is C8H15N. The fraction of sp³-hybridized carbons (Fsp3) is 1.00. The van der Waals surface area contributed by atoms with E-state index in [0.717, 1.165) is 18.0 Å². The molecule has 0 aromatic heterocycles. The molecule has 1 aliphatic carbocycles. The van der Waals surface area contributed by atoms with Crippen molar-refractivity contribution in [2.45, 2.75) is 44.7 Å². The van der Waals surface area contributed by atoms with Gasteiger partial charge in [0.25, 0.3) is 0 Å². The van der Waals surface area contributed by atoms with Gasteiger partial charge in [-0.2, -0.15) is 0 Å². The summed E-state index contributed by atoms with van der Waals surface area (Å²) in [5.74, 6) is 1.01. The molecule has 3 rings (SSSR count). The van der Waals surface area contributed by atoms with Gasteiger partial charge in [0.15, 0.2) is 0 Å². The van der Waals surface area contributed by atoms with Crippen LogP contribution in [0.4, 0.5) is 0 Å². The van der Waals surface area contributed by atoms with Crippen molar-refractivity contribution in [2.24, 2.45) is 5.92 Å². The molecule has 1 heteroatoms. The fourth-order valence-corrected chi connectivity index (χ4v) is 2.29. The van der Waals surface area contributed by atoms with Gasteiger partial charge in [0.1, 0.15) is 0 Å². The van der Waals surface area contributed by atoms with Crippen LogP contribution in [-0.2, 0) is 0 Å². The number of piperidine rings is 2. The Hall–Kier alpha value is -0.0400. The first kappa shape index (κ1) is 5.72. The standard InChI is InChI=1S/C8H15N/c1-6-7-2-4-8(9-6)5-3-7/h6-9H,2-5H2,1H3. The lowest BCUT2D eigenvalue weighted by atomic mass is 9.77. The van der Waals surface area contributed by atoms with Crippen molar-refractivity contribution < 1.29 is 0 Å². The predicted molar refractivity (Wildman–Crippen MR) is 38.3 cm³/mol. The van der Waals surface area contributed by atoms with E-state index in [-0.39, 0.29) is 0 Å². The molecule has 0 aromatic rings. The van der Waals surface area contributed by atoms with Gasteiger partial charge in [0.05, 0.1) is 0 Å². The van der Waals surface area contributed by atoms with Crippen molar-refractivity contribution in [3.05, 3.63) is 0 Å². The van der Waals surface area contributed by atoms with Gasteiger partial charge in [-0.3, -0.25) is 0 Å². The molecule has 2 heterocycles. The molecule has 1 nitrogen and oxygen atoms in total. The summed E-state index contributed by atoms with van der Waals surface area (Å²) in [6.45, 7) is 2.33. The Morgan fingerprint density at radius 2 is 1.78 bits per heavy atom. The van der Waals surface area contributed by atoms with E-state index >= 15 is 0 Å². The first-order valence-corrected chi connectivity index (χ1v) is 4.12. The van der Waals surface area contributed by atoms with E-state index in [1.54, 1.807) is 0 Å². The summed E-state index contributed by atoms with van der Waals surface area (Å²) in [6, 6.07) is 1.70. The van der Waals surface area contributed by atoms with Crippen molar-refractivity contribution in [1.82, 2.24) is 5.32 Å². The number of hydrogen-bond acceptors (Lipinski definition) is 1. The van der Waals surface area contributed by atoms with Crippen LogP contribution >= 0.6 is 0 Å². The zero-order chi connectivity index (χ0) is 6.27. The van der Waals surface area contributed by atoms with Crippen LogP contribution < -0.4 is 5.32 Å². The van der Waals surface area contributed by atoms with Crippen LogP contribution in [0.3, 0.4) is 0 Å². The van der Waals surface area contributed by atoms with E-state index in [1.165, 1.54) is 25.7 Å². The lowest BCUT2D eigenvalue weighted by molar-refractivity contribution is 0.159. The highest BCUT2D eigenvalue weighted by Crippen LogP contribution is 2.32. The highest BCUT2D eigenvalue weighted by atomic mass is 15.0. The average molecular weight is 125 g/mol.